The van der Waals surface area contributed by atoms with Crippen LogP contribution in [0.3, 0.4) is 0 Å². The van der Waals surface area contributed by atoms with Crippen molar-refractivity contribution >= 4 is 17.4 Å². The second kappa shape index (κ2) is 10.4. The number of ketones is 1. The van der Waals surface area contributed by atoms with Gasteiger partial charge in [0.2, 0.25) is 0 Å². The maximum absolute atomic E-state index is 13.2. The van der Waals surface area contributed by atoms with E-state index in [9.17, 15) is 14.7 Å². The lowest BCUT2D eigenvalue weighted by Gasteiger charge is -2.25. The lowest BCUT2D eigenvalue weighted by atomic mass is 9.95. The van der Waals surface area contributed by atoms with Crippen LogP contribution in [-0.2, 0) is 16.1 Å². The monoisotopic (exact) mass is 472 g/mol. The Morgan fingerprint density at radius 2 is 1.74 bits per heavy atom. The Hall–Kier alpha value is -4.13. The van der Waals surface area contributed by atoms with Gasteiger partial charge in [0, 0.05) is 24.5 Å². The second-order valence-corrected chi connectivity index (χ2v) is 8.79. The molecule has 2 aromatic carbocycles. The van der Waals surface area contributed by atoms with Crippen LogP contribution in [0, 0.1) is 5.92 Å². The molecule has 0 saturated carbocycles. The summed E-state index contributed by atoms with van der Waals surface area (Å²) in [6.07, 6.45) is 3.20. The van der Waals surface area contributed by atoms with Crippen molar-refractivity contribution in [3.05, 3.63) is 95.3 Å². The minimum absolute atomic E-state index is 0.0325. The SMILES string of the molecule is COc1cccc(CN2C(=O)C(=O)/C(=C(\O)c3cccc(OCC(C)C)c3)C2c2ccncc2)c1. The molecule has 0 aliphatic carbocycles. The van der Waals surface area contributed by atoms with E-state index < -0.39 is 17.7 Å². The topological polar surface area (TPSA) is 89.0 Å². The van der Waals surface area contributed by atoms with Crippen molar-refractivity contribution in [2.75, 3.05) is 13.7 Å². The van der Waals surface area contributed by atoms with Gasteiger partial charge in [0.1, 0.15) is 17.3 Å². The molecule has 1 saturated heterocycles. The molecule has 0 radical (unpaired) electrons. The summed E-state index contributed by atoms with van der Waals surface area (Å²) < 4.78 is 11.1. The first kappa shape index (κ1) is 24.0. The largest absolute Gasteiger partial charge is 0.507 e. The molecule has 3 aromatic rings. The number of aromatic nitrogens is 1. The molecule has 0 spiro atoms. The summed E-state index contributed by atoms with van der Waals surface area (Å²) in [7, 11) is 1.57. The van der Waals surface area contributed by atoms with Gasteiger partial charge < -0.3 is 19.5 Å². The maximum atomic E-state index is 13.2. The normalized spacial score (nSPS) is 17.1. The standard InChI is InChI=1S/C28H28N2O5/c1-18(2)17-35-23-9-5-7-21(15-23)26(31)24-25(20-10-12-29-13-11-20)30(28(33)27(24)32)16-19-6-4-8-22(14-19)34-3/h4-15,18,25,31H,16-17H2,1-3H3/b26-24-. The average molecular weight is 473 g/mol. The van der Waals surface area contributed by atoms with Crippen LogP contribution < -0.4 is 9.47 Å². The molecule has 0 bridgehead atoms. The third-order valence-electron chi connectivity index (χ3n) is 5.74. The van der Waals surface area contributed by atoms with Crippen LogP contribution in [0.25, 0.3) is 5.76 Å². The van der Waals surface area contributed by atoms with E-state index in [4.69, 9.17) is 9.47 Å². The van der Waals surface area contributed by atoms with Crippen LogP contribution >= 0.6 is 0 Å². The molecule has 180 valence electrons. The summed E-state index contributed by atoms with van der Waals surface area (Å²) in [5.41, 5.74) is 1.92. The molecule has 1 fully saturated rings. The number of Topliss-reactive ketones (excluding diaryl/α,β-unsaturated/α-hetero) is 1. The van der Waals surface area contributed by atoms with Crippen molar-refractivity contribution in [2.45, 2.75) is 26.4 Å². The lowest BCUT2D eigenvalue weighted by Crippen LogP contribution is -2.29. The highest BCUT2D eigenvalue weighted by Gasteiger charge is 2.46. The van der Waals surface area contributed by atoms with Crippen LogP contribution in [0.1, 0.15) is 36.6 Å². The Morgan fingerprint density at radius 1 is 1.03 bits per heavy atom. The molecule has 1 aliphatic rings. The Morgan fingerprint density at radius 3 is 2.46 bits per heavy atom. The van der Waals surface area contributed by atoms with Crippen LogP contribution in [0.15, 0.2) is 78.6 Å². The predicted octanol–water partition coefficient (Wildman–Crippen LogP) is 4.75. The Bertz CT molecular complexity index is 1250. The number of methoxy groups -OCH3 is 1. The van der Waals surface area contributed by atoms with E-state index in [-0.39, 0.29) is 17.9 Å². The predicted molar refractivity (Wildman–Crippen MR) is 132 cm³/mol. The highest BCUT2D eigenvalue weighted by Crippen LogP contribution is 2.40. The van der Waals surface area contributed by atoms with E-state index in [2.05, 4.69) is 4.98 Å². The van der Waals surface area contributed by atoms with Crippen molar-refractivity contribution in [1.29, 1.82) is 0 Å². The van der Waals surface area contributed by atoms with Gasteiger partial charge >= 0.3 is 0 Å². The number of nitrogens with zero attached hydrogens (tertiary/aromatic N) is 2. The number of hydrogen-bond donors (Lipinski definition) is 1. The van der Waals surface area contributed by atoms with E-state index in [1.165, 1.54) is 4.90 Å². The number of carbonyl (C=O) groups excluding carboxylic acids is 2. The number of aliphatic hydroxyl groups is 1. The van der Waals surface area contributed by atoms with Gasteiger partial charge in [-0.1, -0.05) is 38.1 Å². The minimum Gasteiger partial charge on any atom is -0.507 e. The summed E-state index contributed by atoms with van der Waals surface area (Å²) >= 11 is 0. The maximum Gasteiger partial charge on any atom is 0.295 e. The smallest absolute Gasteiger partial charge is 0.295 e. The number of rotatable bonds is 8. The van der Waals surface area contributed by atoms with Crippen LogP contribution in [-0.4, -0.2) is 40.4 Å². The summed E-state index contributed by atoms with van der Waals surface area (Å²) in [5, 5.41) is 11.3. The van der Waals surface area contributed by atoms with Crippen LogP contribution in [0.4, 0.5) is 0 Å². The summed E-state index contributed by atoms with van der Waals surface area (Å²) in [4.78, 5) is 32.0. The number of pyridine rings is 1. The number of likely N-dealkylation sites (tertiary alicyclic amines) is 1. The van der Waals surface area contributed by atoms with Crippen molar-refractivity contribution in [3.8, 4) is 11.5 Å². The minimum atomic E-state index is -0.774. The Kier molecular flexibility index (Phi) is 7.15. The number of aliphatic hydroxyl groups excluding tert-OH is 1. The molecule has 35 heavy (non-hydrogen) atoms. The number of carbonyl (C=O) groups is 2. The third kappa shape index (κ3) is 5.19. The summed E-state index contributed by atoms with van der Waals surface area (Å²) in [6, 6.07) is 16.9. The quantitative estimate of drug-likeness (QED) is 0.289. The van der Waals surface area contributed by atoms with Crippen molar-refractivity contribution < 1.29 is 24.2 Å². The molecule has 7 heteroatoms. The Balaban J connectivity index is 1.78. The second-order valence-electron chi connectivity index (χ2n) is 8.79. The first-order chi connectivity index (χ1) is 16.9. The van der Waals surface area contributed by atoms with Crippen molar-refractivity contribution in [1.82, 2.24) is 9.88 Å². The van der Waals surface area contributed by atoms with E-state index in [1.54, 1.807) is 55.9 Å². The molecule has 1 unspecified atom stereocenters. The molecule has 1 atom stereocenters. The molecule has 7 nitrogen and oxygen atoms in total. The van der Waals surface area contributed by atoms with Gasteiger partial charge in [0.25, 0.3) is 11.7 Å². The van der Waals surface area contributed by atoms with Gasteiger partial charge in [-0.3, -0.25) is 14.6 Å². The first-order valence-electron chi connectivity index (χ1n) is 11.4. The van der Waals surface area contributed by atoms with Crippen molar-refractivity contribution in [2.24, 2.45) is 5.92 Å². The lowest BCUT2D eigenvalue weighted by molar-refractivity contribution is -0.140. The highest BCUT2D eigenvalue weighted by atomic mass is 16.5. The van der Waals surface area contributed by atoms with Gasteiger partial charge in [-0.15, -0.1) is 0 Å². The molecule has 1 amide bonds. The number of ether oxygens (including phenoxy) is 2. The third-order valence-corrected chi connectivity index (χ3v) is 5.74. The van der Waals surface area contributed by atoms with Gasteiger partial charge in [0.15, 0.2) is 0 Å². The van der Waals surface area contributed by atoms with E-state index >= 15 is 0 Å². The fourth-order valence-electron chi connectivity index (χ4n) is 4.05. The van der Waals surface area contributed by atoms with E-state index in [0.717, 1.165) is 5.56 Å². The zero-order chi connectivity index (χ0) is 24.9. The Labute approximate surface area is 204 Å². The van der Waals surface area contributed by atoms with Crippen LogP contribution in [0.5, 0.6) is 11.5 Å². The fourth-order valence-corrected chi connectivity index (χ4v) is 4.05. The molecule has 4 rings (SSSR count). The summed E-state index contributed by atoms with van der Waals surface area (Å²) in [5.74, 6) is -0.0927. The van der Waals surface area contributed by atoms with Gasteiger partial charge in [0.05, 0.1) is 25.3 Å². The average Bonchev–Trinajstić information content (AvgIpc) is 3.12. The zero-order valence-electron chi connectivity index (χ0n) is 20.0. The molecule has 1 aliphatic heterocycles. The van der Waals surface area contributed by atoms with Crippen LogP contribution in [0.2, 0.25) is 0 Å². The highest BCUT2D eigenvalue weighted by molar-refractivity contribution is 6.46. The first-order valence-corrected chi connectivity index (χ1v) is 11.4. The number of hydrogen-bond acceptors (Lipinski definition) is 6. The fraction of sp³-hybridized carbons (Fsp3) is 0.250. The molecule has 2 heterocycles. The molecule has 1 N–H and O–H groups in total. The number of benzene rings is 2. The van der Waals surface area contributed by atoms with Gasteiger partial charge in [-0.05, 0) is 53.4 Å². The van der Waals surface area contributed by atoms with Gasteiger partial charge in [-0.25, -0.2) is 0 Å². The van der Waals surface area contributed by atoms with Crippen molar-refractivity contribution in [3.63, 3.8) is 0 Å². The van der Waals surface area contributed by atoms with E-state index in [1.807, 2.05) is 38.1 Å². The van der Waals surface area contributed by atoms with E-state index in [0.29, 0.717) is 35.2 Å². The number of amides is 1. The van der Waals surface area contributed by atoms with Gasteiger partial charge in [-0.2, -0.15) is 0 Å². The molecular formula is C28H28N2O5. The molecule has 1 aromatic heterocycles. The molecular weight excluding hydrogens is 444 g/mol. The summed E-state index contributed by atoms with van der Waals surface area (Å²) in [6.45, 7) is 4.78. The zero-order valence-corrected chi connectivity index (χ0v) is 20.0.